The second-order valence-corrected chi connectivity index (χ2v) is 4.59. The van der Waals surface area contributed by atoms with Crippen LogP contribution in [0.5, 0.6) is 5.75 Å². The van der Waals surface area contributed by atoms with Crippen LogP contribution in [0.4, 0.5) is 4.39 Å². The van der Waals surface area contributed by atoms with Crippen molar-refractivity contribution in [1.82, 2.24) is 0 Å². The number of benzene rings is 1. The first-order valence-electron chi connectivity index (χ1n) is 6.60. The van der Waals surface area contributed by atoms with E-state index in [2.05, 4.69) is 6.92 Å². The van der Waals surface area contributed by atoms with Crippen LogP contribution in [-0.2, 0) is 6.42 Å². The van der Waals surface area contributed by atoms with Crippen molar-refractivity contribution in [2.75, 3.05) is 0 Å². The van der Waals surface area contributed by atoms with Crippen molar-refractivity contribution in [3.05, 3.63) is 29.1 Å². The molecule has 0 bridgehead atoms. The van der Waals surface area contributed by atoms with Crippen molar-refractivity contribution < 1.29 is 9.50 Å². The Kier molecular flexibility index (Phi) is 6.21. The summed E-state index contributed by atoms with van der Waals surface area (Å²) in [6.45, 7) is 2.18. The molecule has 0 aliphatic carbocycles. The predicted octanol–water partition coefficient (Wildman–Crippen LogP) is 4.31. The van der Waals surface area contributed by atoms with Crippen molar-refractivity contribution in [3.63, 3.8) is 0 Å². The highest BCUT2D eigenvalue weighted by Crippen LogP contribution is 2.23. The van der Waals surface area contributed by atoms with Gasteiger partial charge in [0.25, 0.3) is 0 Å². The van der Waals surface area contributed by atoms with Crippen molar-refractivity contribution in [2.45, 2.75) is 51.9 Å². The number of phenolic OH excluding ortho intramolecular Hbond substituents is 1. The zero-order valence-electron chi connectivity index (χ0n) is 10.9. The lowest BCUT2D eigenvalue weighted by atomic mass is 10.0. The molecule has 0 spiro atoms. The van der Waals surface area contributed by atoms with Gasteiger partial charge in [-0.1, -0.05) is 39.0 Å². The van der Waals surface area contributed by atoms with Crippen LogP contribution in [-0.4, -0.2) is 5.11 Å². The third kappa shape index (κ3) is 4.37. The van der Waals surface area contributed by atoms with Gasteiger partial charge in [0.2, 0.25) is 0 Å². The Morgan fingerprint density at radius 1 is 1.17 bits per heavy atom. The van der Waals surface area contributed by atoms with E-state index < -0.39 is 5.82 Å². The van der Waals surface area contributed by atoms with Gasteiger partial charge in [0.15, 0.2) is 0 Å². The number of rotatable bonds is 7. The van der Waals surface area contributed by atoms with Crippen molar-refractivity contribution in [3.8, 4) is 11.8 Å². The maximum absolute atomic E-state index is 13.4. The van der Waals surface area contributed by atoms with Crippen LogP contribution in [0.25, 0.3) is 0 Å². The van der Waals surface area contributed by atoms with E-state index in [1.807, 2.05) is 0 Å². The van der Waals surface area contributed by atoms with E-state index in [0.29, 0.717) is 12.0 Å². The molecule has 0 saturated carbocycles. The normalized spacial score (nSPS) is 10.3. The third-order valence-corrected chi connectivity index (χ3v) is 3.09. The molecule has 0 aliphatic rings. The Balaban J connectivity index is 2.43. The number of phenols is 1. The van der Waals surface area contributed by atoms with Crippen LogP contribution in [0, 0.1) is 17.1 Å². The van der Waals surface area contributed by atoms with Gasteiger partial charge in [0.1, 0.15) is 17.6 Å². The summed E-state index contributed by atoms with van der Waals surface area (Å²) in [5, 5.41) is 18.3. The van der Waals surface area contributed by atoms with E-state index in [4.69, 9.17) is 5.26 Å². The number of aryl methyl sites for hydroxylation is 1. The summed E-state index contributed by atoms with van der Waals surface area (Å²) >= 11 is 0. The van der Waals surface area contributed by atoms with Gasteiger partial charge in [-0.25, -0.2) is 4.39 Å². The molecule has 1 aromatic carbocycles. The first kappa shape index (κ1) is 14.5. The molecular weight excluding hydrogens is 229 g/mol. The molecule has 1 N–H and O–H groups in total. The molecule has 1 rings (SSSR count). The topological polar surface area (TPSA) is 44.0 Å². The molecular formula is C15H20FNO. The Labute approximate surface area is 108 Å². The van der Waals surface area contributed by atoms with Gasteiger partial charge in [-0.05, 0) is 24.5 Å². The predicted molar refractivity (Wildman–Crippen MR) is 69.9 cm³/mol. The molecule has 0 unspecified atom stereocenters. The van der Waals surface area contributed by atoms with Crippen LogP contribution in [0.3, 0.4) is 0 Å². The zero-order valence-corrected chi connectivity index (χ0v) is 10.9. The van der Waals surface area contributed by atoms with Gasteiger partial charge in [-0.2, -0.15) is 5.26 Å². The molecule has 3 heteroatoms. The zero-order chi connectivity index (χ0) is 13.4. The van der Waals surface area contributed by atoms with Gasteiger partial charge < -0.3 is 5.11 Å². The summed E-state index contributed by atoms with van der Waals surface area (Å²) in [6.07, 6.45) is 7.63. The average Bonchev–Trinajstić information content (AvgIpc) is 2.37. The number of aromatic hydroxyl groups is 1. The lowest BCUT2D eigenvalue weighted by Crippen LogP contribution is -1.92. The molecule has 0 aliphatic heterocycles. The van der Waals surface area contributed by atoms with E-state index in [1.165, 1.54) is 37.8 Å². The van der Waals surface area contributed by atoms with Crippen molar-refractivity contribution in [2.24, 2.45) is 0 Å². The minimum atomic E-state index is -0.545. The largest absolute Gasteiger partial charge is 0.508 e. The molecule has 0 radical (unpaired) electrons. The summed E-state index contributed by atoms with van der Waals surface area (Å²) in [5.41, 5.74) is 0.501. The van der Waals surface area contributed by atoms with Gasteiger partial charge in [-0.3, -0.25) is 0 Å². The Morgan fingerprint density at radius 2 is 1.83 bits per heavy atom. The molecule has 0 atom stereocenters. The fraction of sp³-hybridized carbons (Fsp3) is 0.533. The lowest BCUT2D eigenvalue weighted by Gasteiger charge is -2.06. The highest BCUT2D eigenvalue weighted by atomic mass is 19.1. The second-order valence-electron chi connectivity index (χ2n) is 4.59. The van der Waals surface area contributed by atoms with Gasteiger partial charge in [-0.15, -0.1) is 0 Å². The molecule has 0 amide bonds. The van der Waals surface area contributed by atoms with Crippen molar-refractivity contribution >= 4 is 0 Å². The number of halogens is 1. The number of nitrogens with zero attached hydrogens (tertiary/aromatic N) is 1. The first-order valence-corrected chi connectivity index (χ1v) is 6.60. The lowest BCUT2D eigenvalue weighted by molar-refractivity contribution is 0.462. The molecule has 0 aromatic heterocycles. The molecule has 98 valence electrons. The maximum atomic E-state index is 13.4. The Bertz CT molecular complexity index is 423. The number of nitriles is 1. The van der Waals surface area contributed by atoms with Crippen LogP contribution in [0.2, 0.25) is 0 Å². The smallest absolute Gasteiger partial charge is 0.141 e. The molecule has 0 saturated heterocycles. The first-order chi connectivity index (χ1) is 8.69. The fourth-order valence-corrected chi connectivity index (χ4v) is 1.98. The standard InChI is InChI=1S/C15H20FNO/c1-2-3-4-5-6-7-8-12-9-14(16)13(11-17)10-15(12)18/h9-10,18H,2-8H2,1H3. The summed E-state index contributed by atoms with van der Waals surface area (Å²) in [6, 6.07) is 4.21. The quantitative estimate of drug-likeness (QED) is 0.732. The van der Waals surface area contributed by atoms with E-state index in [0.717, 1.165) is 12.8 Å². The molecule has 18 heavy (non-hydrogen) atoms. The second kappa shape index (κ2) is 7.71. The molecule has 1 aromatic rings. The molecule has 2 nitrogen and oxygen atoms in total. The van der Waals surface area contributed by atoms with Gasteiger partial charge >= 0.3 is 0 Å². The fourth-order valence-electron chi connectivity index (χ4n) is 1.98. The van der Waals surface area contributed by atoms with E-state index in [9.17, 15) is 9.50 Å². The van der Waals surface area contributed by atoms with E-state index in [1.54, 1.807) is 6.07 Å². The maximum Gasteiger partial charge on any atom is 0.141 e. The Morgan fingerprint density at radius 3 is 2.50 bits per heavy atom. The number of hydrogen-bond acceptors (Lipinski definition) is 2. The third-order valence-electron chi connectivity index (χ3n) is 3.09. The van der Waals surface area contributed by atoms with E-state index >= 15 is 0 Å². The number of unbranched alkanes of at least 4 members (excludes halogenated alkanes) is 5. The van der Waals surface area contributed by atoms with Gasteiger partial charge in [0.05, 0.1) is 5.56 Å². The Hall–Kier alpha value is -1.56. The highest BCUT2D eigenvalue weighted by Gasteiger charge is 2.08. The van der Waals surface area contributed by atoms with Crippen LogP contribution >= 0.6 is 0 Å². The number of hydrogen-bond donors (Lipinski definition) is 1. The van der Waals surface area contributed by atoms with Crippen LogP contribution in [0.15, 0.2) is 12.1 Å². The summed E-state index contributed by atoms with van der Waals surface area (Å²) in [5.74, 6) is -0.516. The summed E-state index contributed by atoms with van der Waals surface area (Å²) in [7, 11) is 0. The van der Waals surface area contributed by atoms with Crippen LogP contribution < -0.4 is 0 Å². The minimum absolute atomic E-state index is 0.0292. The highest BCUT2D eigenvalue weighted by molar-refractivity contribution is 5.42. The molecule has 0 heterocycles. The molecule has 0 fully saturated rings. The average molecular weight is 249 g/mol. The SMILES string of the molecule is CCCCCCCCc1cc(F)c(C#N)cc1O. The van der Waals surface area contributed by atoms with Crippen LogP contribution in [0.1, 0.15) is 56.6 Å². The van der Waals surface area contributed by atoms with Crippen molar-refractivity contribution in [1.29, 1.82) is 5.26 Å². The summed E-state index contributed by atoms with van der Waals surface area (Å²) in [4.78, 5) is 0. The minimum Gasteiger partial charge on any atom is -0.508 e. The summed E-state index contributed by atoms with van der Waals surface area (Å²) < 4.78 is 13.4. The van der Waals surface area contributed by atoms with E-state index in [-0.39, 0.29) is 11.3 Å². The van der Waals surface area contributed by atoms with Gasteiger partial charge in [0, 0.05) is 6.07 Å². The monoisotopic (exact) mass is 249 g/mol.